The molecule has 18 heavy (non-hydrogen) atoms. The zero-order valence-electron chi connectivity index (χ0n) is 11.1. The number of rotatable bonds is 3. The van der Waals surface area contributed by atoms with Crippen molar-refractivity contribution < 1.29 is 9.13 Å². The van der Waals surface area contributed by atoms with Crippen LogP contribution >= 0.6 is 0 Å². The molecule has 1 aliphatic rings. The number of aromatic nitrogens is 1. The second-order valence-electron chi connectivity index (χ2n) is 5.10. The van der Waals surface area contributed by atoms with E-state index in [0.717, 1.165) is 19.3 Å². The molecule has 100 valence electrons. The number of hydrogen-bond donors (Lipinski definition) is 1. The first-order valence-electron chi connectivity index (χ1n) is 6.66. The highest BCUT2D eigenvalue weighted by atomic mass is 19.1. The van der Waals surface area contributed by atoms with Crippen LogP contribution in [0.4, 0.5) is 4.39 Å². The number of nitrogens with two attached hydrogens (primary N) is 1. The molecule has 0 aliphatic heterocycles. The molecular formula is C14H21FN2O. The fourth-order valence-corrected chi connectivity index (χ4v) is 2.79. The number of hydrogen-bond acceptors (Lipinski definition) is 3. The Bertz CT molecular complexity index is 424. The van der Waals surface area contributed by atoms with Crippen molar-refractivity contribution in [3.05, 3.63) is 23.6 Å². The van der Waals surface area contributed by atoms with E-state index in [0.29, 0.717) is 12.2 Å². The summed E-state index contributed by atoms with van der Waals surface area (Å²) < 4.78 is 19.6. The number of pyridine rings is 1. The standard InChI is InChI=1S/C14H21FN2O/c1-3-18-13-12(15)11(7-9-17-13)14(16)8-5-4-6-10(14)2/h7,9-10H,3-6,8,16H2,1-2H3. The average Bonchev–Trinajstić information content (AvgIpc) is 2.36. The molecule has 0 radical (unpaired) electrons. The van der Waals surface area contributed by atoms with Crippen molar-refractivity contribution in [1.82, 2.24) is 4.98 Å². The lowest BCUT2D eigenvalue weighted by Crippen LogP contribution is -2.45. The molecule has 3 nitrogen and oxygen atoms in total. The minimum absolute atomic E-state index is 0.0672. The van der Waals surface area contributed by atoms with Gasteiger partial charge in [0, 0.05) is 17.3 Å². The third-order valence-electron chi connectivity index (χ3n) is 4.00. The number of nitrogens with zero attached hydrogens (tertiary/aromatic N) is 1. The minimum Gasteiger partial charge on any atom is -0.476 e. The number of halogens is 1. The second-order valence-corrected chi connectivity index (χ2v) is 5.10. The molecule has 1 aromatic heterocycles. The fourth-order valence-electron chi connectivity index (χ4n) is 2.79. The Kier molecular flexibility index (Phi) is 3.85. The van der Waals surface area contributed by atoms with Gasteiger partial charge in [-0.1, -0.05) is 19.8 Å². The minimum atomic E-state index is -0.586. The van der Waals surface area contributed by atoms with Crippen molar-refractivity contribution in [1.29, 1.82) is 0 Å². The Morgan fingerprint density at radius 1 is 1.56 bits per heavy atom. The first-order valence-corrected chi connectivity index (χ1v) is 6.66. The monoisotopic (exact) mass is 252 g/mol. The molecule has 0 bridgehead atoms. The smallest absolute Gasteiger partial charge is 0.250 e. The molecule has 1 saturated carbocycles. The lowest BCUT2D eigenvalue weighted by Gasteiger charge is -2.40. The van der Waals surface area contributed by atoms with Gasteiger partial charge in [-0.05, 0) is 31.7 Å². The van der Waals surface area contributed by atoms with Gasteiger partial charge in [0.25, 0.3) is 5.88 Å². The predicted molar refractivity (Wildman–Crippen MR) is 68.9 cm³/mol. The molecule has 1 fully saturated rings. The highest BCUT2D eigenvalue weighted by molar-refractivity contribution is 5.31. The van der Waals surface area contributed by atoms with Gasteiger partial charge in [-0.2, -0.15) is 0 Å². The summed E-state index contributed by atoms with van der Waals surface area (Å²) in [4.78, 5) is 3.93. The lowest BCUT2D eigenvalue weighted by molar-refractivity contribution is 0.197. The summed E-state index contributed by atoms with van der Waals surface area (Å²) in [5, 5.41) is 0. The van der Waals surface area contributed by atoms with Gasteiger partial charge in [0.15, 0.2) is 5.82 Å². The van der Waals surface area contributed by atoms with Crippen LogP contribution < -0.4 is 10.5 Å². The van der Waals surface area contributed by atoms with Crippen LogP contribution in [0.2, 0.25) is 0 Å². The van der Waals surface area contributed by atoms with E-state index in [9.17, 15) is 4.39 Å². The first-order chi connectivity index (χ1) is 8.59. The van der Waals surface area contributed by atoms with E-state index in [4.69, 9.17) is 10.5 Å². The first kappa shape index (κ1) is 13.3. The van der Waals surface area contributed by atoms with E-state index >= 15 is 0 Å². The molecule has 0 saturated heterocycles. The topological polar surface area (TPSA) is 48.1 Å². The Morgan fingerprint density at radius 2 is 2.33 bits per heavy atom. The third-order valence-corrected chi connectivity index (χ3v) is 4.00. The van der Waals surface area contributed by atoms with Crippen LogP contribution in [-0.2, 0) is 5.54 Å². The van der Waals surface area contributed by atoms with Gasteiger partial charge in [-0.15, -0.1) is 0 Å². The van der Waals surface area contributed by atoms with Crippen molar-refractivity contribution in [3.63, 3.8) is 0 Å². The van der Waals surface area contributed by atoms with E-state index in [1.807, 2.05) is 6.92 Å². The van der Waals surface area contributed by atoms with E-state index in [1.165, 1.54) is 6.42 Å². The lowest BCUT2D eigenvalue weighted by atomic mass is 9.70. The highest BCUT2D eigenvalue weighted by Gasteiger charge is 2.38. The van der Waals surface area contributed by atoms with Crippen LogP contribution in [0.5, 0.6) is 5.88 Å². The number of ether oxygens (including phenoxy) is 1. The SMILES string of the molecule is CCOc1nccc(C2(N)CCCCC2C)c1F. The second kappa shape index (κ2) is 5.22. The van der Waals surface area contributed by atoms with Gasteiger partial charge in [0.2, 0.25) is 0 Å². The van der Waals surface area contributed by atoms with Crippen LogP contribution in [0.15, 0.2) is 12.3 Å². The maximum Gasteiger partial charge on any atom is 0.250 e. The Labute approximate surface area is 108 Å². The normalized spacial score (nSPS) is 28.1. The van der Waals surface area contributed by atoms with Gasteiger partial charge in [-0.25, -0.2) is 9.37 Å². The summed E-state index contributed by atoms with van der Waals surface area (Å²) >= 11 is 0. The van der Waals surface area contributed by atoms with Crippen LogP contribution in [0.1, 0.15) is 45.1 Å². The predicted octanol–water partition coefficient (Wildman–Crippen LogP) is 2.98. The molecule has 2 unspecified atom stereocenters. The summed E-state index contributed by atoms with van der Waals surface area (Å²) in [5.41, 5.74) is 6.43. The average molecular weight is 252 g/mol. The van der Waals surface area contributed by atoms with Crippen LogP contribution in [-0.4, -0.2) is 11.6 Å². The zero-order chi connectivity index (χ0) is 13.2. The molecule has 2 rings (SSSR count). The van der Waals surface area contributed by atoms with Crippen molar-refractivity contribution >= 4 is 0 Å². The quantitative estimate of drug-likeness (QED) is 0.899. The maximum atomic E-state index is 14.4. The molecule has 0 aromatic carbocycles. The highest BCUT2D eigenvalue weighted by Crippen LogP contribution is 2.41. The van der Waals surface area contributed by atoms with E-state index in [1.54, 1.807) is 12.3 Å². The summed E-state index contributed by atoms with van der Waals surface area (Å²) in [6.07, 6.45) is 5.67. The van der Waals surface area contributed by atoms with Gasteiger partial charge in [0.05, 0.1) is 6.61 Å². The Hall–Kier alpha value is -1.16. The van der Waals surface area contributed by atoms with Gasteiger partial charge in [0.1, 0.15) is 0 Å². The molecule has 4 heteroatoms. The van der Waals surface area contributed by atoms with Crippen LogP contribution in [0.25, 0.3) is 0 Å². The summed E-state index contributed by atoms with van der Waals surface area (Å²) in [6, 6.07) is 1.69. The maximum absolute atomic E-state index is 14.4. The molecule has 0 spiro atoms. The van der Waals surface area contributed by atoms with Crippen LogP contribution in [0.3, 0.4) is 0 Å². The van der Waals surface area contributed by atoms with Crippen molar-refractivity contribution in [2.24, 2.45) is 11.7 Å². The molecule has 0 amide bonds. The summed E-state index contributed by atoms with van der Waals surface area (Å²) in [7, 11) is 0. The van der Waals surface area contributed by atoms with Gasteiger partial charge >= 0.3 is 0 Å². The molecule has 2 N–H and O–H groups in total. The Balaban J connectivity index is 2.40. The fraction of sp³-hybridized carbons (Fsp3) is 0.643. The van der Waals surface area contributed by atoms with E-state index < -0.39 is 11.4 Å². The van der Waals surface area contributed by atoms with Crippen LogP contribution in [0, 0.1) is 11.7 Å². The Morgan fingerprint density at radius 3 is 3.00 bits per heavy atom. The molecule has 2 atom stereocenters. The summed E-state index contributed by atoms with van der Waals surface area (Å²) in [6.45, 7) is 4.31. The molecular weight excluding hydrogens is 231 g/mol. The molecule has 1 aromatic rings. The van der Waals surface area contributed by atoms with Crippen molar-refractivity contribution in [3.8, 4) is 5.88 Å². The van der Waals surface area contributed by atoms with Gasteiger partial charge in [-0.3, -0.25) is 0 Å². The van der Waals surface area contributed by atoms with E-state index in [-0.39, 0.29) is 11.8 Å². The molecule has 1 heterocycles. The largest absolute Gasteiger partial charge is 0.476 e. The third kappa shape index (κ3) is 2.21. The van der Waals surface area contributed by atoms with E-state index in [2.05, 4.69) is 11.9 Å². The van der Waals surface area contributed by atoms with Crippen molar-refractivity contribution in [2.75, 3.05) is 6.61 Å². The van der Waals surface area contributed by atoms with Crippen molar-refractivity contribution in [2.45, 2.75) is 45.1 Å². The molecule has 1 aliphatic carbocycles. The summed E-state index contributed by atoms with van der Waals surface area (Å²) in [5.74, 6) is -0.0502. The zero-order valence-corrected chi connectivity index (χ0v) is 11.1. The van der Waals surface area contributed by atoms with Gasteiger partial charge < -0.3 is 10.5 Å².